The number of piperidine rings is 1. The lowest BCUT2D eigenvalue weighted by Gasteiger charge is -2.46. The number of nitrogens with zero attached hydrogens (tertiary/aromatic N) is 4. The zero-order valence-corrected chi connectivity index (χ0v) is 15.2. The van der Waals surface area contributed by atoms with Crippen molar-refractivity contribution in [2.75, 3.05) is 52.9 Å². The standard InChI is InChI=1S/C19H30N4O2/c1-21-10-12-22(13-11-21)18-7-9-23(15-16(18)5-4-14-24)19(25)17-6-2-3-8-20-17/h2-3,6,8,16,18,24H,4-5,7,9-15H2,1H3/t16-,18+/m1/s1. The minimum Gasteiger partial charge on any atom is -0.396 e. The van der Waals surface area contributed by atoms with Crippen LogP contribution in [0.5, 0.6) is 0 Å². The largest absolute Gasteiger partial charge is 0.396 e. The van der Waals surface area contributed by atoms with Gasteiger partial charge in [0.2, 0.25) is 0 Å². The molecule has 6 heteroatoms. The highest BCUT2D eigenvalue weighted by Gasteiger charge is 2.35. The number of likely N-dealkylation sites (tertiary alicyclic amines) is 1. The van der Waals surface area contributed by atoms with Gasteiger partial charge in [0.1, 0.15) is 5.69 Å². The molecule has 1 amide bonds. The van der Waals surface area contributed by atoms with Crippen LogP contribution in [0, 0.1) is 5.92 Å². The minimum atomic E-state index is 0.0337. The molecule has 3 heterocycles. The highest BCUT2D eigenvalue weighted by molar-refractivity contribution is 5.92. The lowest BCUT2D eigenvalue weighted by Crippen LogP contribution is -2.57. The van der Waals surface area contributed by atoms with Gasteiger partial charge < -0.3 is 14.9 Å². The molecule has 0 radical (unpaired) electrons. The molecule has 1 aromatic rings. The Morgan fingerprint density at radius 2 is 2.04 bits per heavy atom. The molecule has 0 saturated carbocycles. The van der Waals surface area contributed by atoms with Gasteiger partial charge >= 0.3 is 0 Å². The molecule has 138 valence electrons. The van der Waals surface area contributed by atoms with E-state index in [4.69, 9.17) is 0 Å². The molecule has 6 nitrogen and oxygen atoms in total. The molecule has 1 aromatic heterocycles. The summed E-state index contributed by atoms with van der Waals surface area (Å²) in [5.41, 5.74) is 0.529. The first-order chi connectivity index (χ1) is 12.2. The second-order valence-electron chi connectivity index (χ2n) is 7.29. The molecule has 25 heavy (non-hydrogen) atoms. The number of hydrogen-bond acceptors (Lipinski definition) is 5. The molecule has 0 spiro atoms. The Morgan fingerprint density at radius 1 is 1.24 bits per heavy atom. The van der Waals surface area contributed by atoms with E-state index in [1.165, 1.54) is 0 Å². The number of hydrogen-bond donors (Lipinski definition) is 1. The van der Waals surface area contributed by atoms with Gasteiger partial charge in [-0.3, -0.25) is 14.7 Å². The molecule has 2 fully saturated rings. The molecule has 0 aromatic carbocycles. The van der Waals surface area contributed by atoms with Crippen LogP contribution >= 0.6 is 0 Å². The first kappa shape index (κ1) is 18.3. The molecule has 1 N–H and O–H groups in total. The summed E-state index contributed by atoms with van der Waals surface area (Å²) in [7, 11) is 2.18. The maximum absolute atomic E-state index is 12.7. The number of carbonyl (C=O) groups is 1. The molecule has 3 rings (SSSR count). The Bertz CT molecular complexity index is 546. The summed E-state index contributed by atoms with van der Waals surface area (Å²) < 4.78 is 0. The number of amides is 1. The molecule has 0 bridgehead atoms. The minimum absolute atomic E-state index is 0.0337. The number of rotatable bonds is 5. The van der Waals surface area contributed by atoms with Crippen LogP contribution in [-0.4, -0.2) is 89.7 Å². The van der Waals surface area contributed by atoms with Gasteiger partial charge in [0, 0.05) is 58.1 Å². The fraction of sp³-hybridized carbons (Fsp3) is 0.684. The quantitative estimate of drug-likeness (QED) is 0.860. The first-order valence-electron chi connectivity index (χ1n) is 9.43. The van der Waals surface area contributed by atoms with E-state index in [1.54, 1.807) is 12.3 Å². The molecular formula is C19H30N4O2. The number of aliphatic hydroxyl groups is 1. The molecule has 2 saturated heterocycles. The Labute approximate surface area is 150 Å². The van der Waals surface area contributed by atoms with Crippen LogP contribution in [0.1, 0.15) is 29.8 Å². The molecular weight excluding hydrogens is 316 g/mol. The van der Waals surface area contributed by atoms with Gasteiger partial charge in [-0.25, -0.2) is 0 Å². The third-order valence-electron chi connectivity index (χ3n) is 5.60. The second-order valence-corrected chi connectivity index (χ2v) is 7.29. The smallest absolute Gasteiger partial charge is 0.272 e. The van der Waals surface area contributed by atoms with Crippen molar-refractivity contribution in [2.24, 2.45) is 5.92 Å². The molecule has 2 aliphatic rings. The van der Waals surface area contributed by atoms with E-state index in [2.05, 4.69) is 21.8 Å². The SMILES string of the molecule is CN1CCN([C@H]2CCN(C(=O)c3ccccn3)C[C@H]2CCCO)CC1. The number of carbonyl (C=O) groups excluding carboxylic acids is 1. The lowest BCUT2D eigenvalue weighted by molar-refractivity contribution is 0.0215. The van der Waals surface area contributed by atoms with Crippen LogP contribution in [-0.2, 0) is 0 Å². The molecule has 0 aliphatic carbocycles. The Balaban J connectivity index is 1.66. The van der Waals surface area contributed by atoms with E-state index < -0.39 is 0 Å². The van der Waals surface area contributed by atoms with Crippen molar-refractivity contribution in [1.82, 2.24) is 19.7 Å². The zero-order chi connectivity index (χ0) is 17.6. The molecule has 0 unspecified atom stereocenters. The van der Waals surface area contributed by atoms with Gasteiger partial charge in [0.15, 0.2) is 0 Å². The number of likely N-dealkylation sites (N-methyl/N-ethyl adjacent to an activating group) is 1. The zero-order valence-electron chi connectivity index (χ0n) is 15.2. The summed E-state index contributed by atoms with van der Waals surface area (Å²) in [4.78, 5) is 23.9. The van der Waals surface area contributed by atoms with Crippen molar-refractivity contribution in [2.45, 2.75) is 25.3 Å². The predicted octanol–water partition coefficient (Wildman–Crippen LogP) is 0.932. The van der Waals surface area contributed by atoms with Gasteiger partial charge in [0.05, 0.1) is 0 Å². The van der Waals surface area contributed by atoms with Gasteiger partial charge in [-0.2, -0.15) is 0 Å². The highest BCUT2D eigenvalue weighted by Crippen LogP contribution is 2.27. The average molecular weight is 346 g/mol. The third kappa shape index (κ3) is 4.57. The molecule has 2 atom stereocenters. The van der Waals surface area contributed by atoms with Crippen LogP contribution in [0.25, 0.3) is 0 Å². The third-order valence-corrected chi connectivity index (χ3v) is 5.60. The van der Waals surface area contributed by atoms with E-state index in [9.17, 15) is 9.90 Å². The second kappa shape index (κ2) is 8.74. The fourth-order valence-corrected chi connectivity index (χ4v) is 4.13. The van der Waals surface area contributed by atoms with Crippen molar-refractivity contribution in [1.29, 1.82) is 0 Å². The van der Waals surface area contributed by atoms with Gasteiger partial charge in [-0.15, -0.1) is 0 Å². The number of aromatic nitrogens is 1. The van der Waals surface area contributed by atoms with Gasteiger partial charge in [-0.1, -0.05) is 6.07 Å². The Kier molecular flexibility index (Phi) is 6.39. The fourth-order valence-electron chi connectivity index (χ4n) is 4.13. The predicted molar refractivity (Wildman–Crippen MR) is 97.4 cm³/mol. The van der Waals surface area contributed by atoms with Crippen molar-refractivity contribution in [3.8, 4) is 0 Å². The van der Waals surface area contributed by atoms with E-state index in [-0.39, 0.29) is 12.5 Å². The number of pyridine rings is 1. The lowest BCUT2D eigenvalue weighted by atomic mass is 9.86. The van der Waals surface area contributed by atoms with E-state index in [0.717, 1.165) is 58.5 Å². The van der Waals surface area contributed by atoms with Crippen molar-refractivity contribution >= 4 is 5.91 Å². The maximum Gasteiger partial charge on any atom is 0.272 e. The monoisotopic (exact) mass is 346 g/mol. The average Bonchev–Trinajstić information content (AvgIpc) is 2.67. The Morgan fingerprint density at radius 3 is 2.72 bits per heavy atom. The molecule has 2 aliphatic heterocycles. The number of piperazine rings is 1. The van der Waals surface area contributed by atoms with E-state index in [0.29, 0.717) is 17.7 Å². The van der Waals surface area contributed by atoms with Crippen molar-refractivity contribution in [3.63, 3.8) is 0 Å². The van der Waals surface area contributed by atoms with Crippen LogP contribution in [0.4, 0.5) is 0 Å². The Hall–Kier alpha value is -1.50. The summed E-state index contributed by atoms with van der Waals surface area (Å²) in [5.74, 6) is 0.461. The first-order valence-corrected chi connectivity index (χ1v) is 9.43. The van der Waals surface area contributed by atoms with Gasteiger partial charge in [0.25, 0.3) is 5.91 Å². The summed E-state index contributed by atoms with van der Waals surface area (Å²) in [6.45, 7) is 6.21. The van der Waals surface area contributed by atoms with Crippen LogP contribution in [0.3, 0.4) is 0 Å². The number of aliphatic hydroxyl groups excluding tert-OH is 1. The normalized spacial score (nSPS) is 25.9. The van der Waals surface area contributed by atoms with Gasteiger partial charge in [-0.05, 0) is 44.4 Å². The maximum atomic E-state index is 12.7. The summed E-state index contributed by atoms with van der Waals surface area (Å²) >= 11 is 0. The van der Waals surface area contributed by atoms with Crippen LogP contribution in [0.15, 0.2) is 24.4 Å². The van der Waals surface area contributed by atoms with E-state index in [1.807, 2.05) is 17.0 Å². The van der Waals surface area contributed by atoms with Crippen molar-refractivity contribution in [3.05, 3.63) is 30.1 Å². The summed E-state index contributed by atoms with van der Waals surface area (Å²) in [6, 6.07) is 6.01. The van der Waals surface area contributed by atoms with Crippen LogP contribution in [0.2, 0.25) is 0 Å². The highest BCUT2D eigenvalue weighted by atomic mass is 16.3. The summed E-state index contributed by atoms with van der Waals surface area (Å²) in [6.07, 6.45) is 4.46. The van der Waals surface area contributed by atoms with Crippen molar-refractivity contribution < 1.29 is 9.90 Å². The van der Waals surface area contributed by atoms with E-state index >= 15 is 0 Å². The summed E-state index contributed by atoms with van der Waals surface area (Å²) in [5, 5.41) is 9.27. The topological polar surface area (TPSA) is 59.9 Å². The van der Waals surface area contributed by atoms with Crippen LogP contribution < -0.4 is 0 Å².